The van der Waals surface area contributed by atoms with E-state index in [1.54, 1.807) is 0 Å². The molecule has 0 spiro atoms. The van der Waals surface area contributed by atoms with E-state index < -0.39 is 17.5 Å². The molecule has 0 aromatic heterocycles. The Morgan fingerprint density at radius 3 is 2.42 bits per heavy atom. The summed E-state index contributed by atoms with van der Waals surface area (Å²) in [7, 11) is 0. The van der Waals surface area contributed by atoms with Crippen LogP contribution < -0.4 is 0 Å². The zero-order valence-electron chi connectivity index (χ0n) is 14.9. The molecule has 5 heteroatoms. The van der Waals surface area contributed by atoms with Gasteiger partial charge in [0.05, 0.1) is 0 Å². The highest BCUT2D eigenvalue weighted by molar-refractivity contribution is 7.99. The van der Waals surface area contributed by atoms with Gasteiger partial charge in [-0.1, -0.05) is 43.5 Å². The number of aryl methyl sites for hydroxylation is 1. The van der Waals surface area contributed by atoms with Gasteiger partial charge in [0.15, 0.2) is 11.6 Å². The van der Waals surface area contributed by atoms with Gasteiger partial charge in [0.1, 0.15) is 12.1 Å². The van der Waals surface area contributed by atoms with Crippen LogP contribution in [0.1, 0.15) is 53.6 Å². The molecule has 0 heterocycles. The first-order valence-corrected chi connectivity index (χ1v) is 9.83. The second-order valence-corrected chi connectivity index (χ2v) is 7.43. The normalized spacial score (nSPS) is 10.9. The second-order valence-electron chi connectivity index (χ2n) is 6.29. The average molecular weight is 380 g/mol. The molecule has 0 amide bonds. The number of carbonyl (C=O) groups is 1. The first kappa shape index (κ1) is 20.6. The van der Waals surface area contributed by atoms with Crippen LogP contribution in [0.3, 0.4) is 0 Å². The fourth-order valence-corrected chi connectivity index (χ4v) is 3.85. The third kappa shape index (κ3) is 5.63. The Balaban J connectivity index is 1.64. The van der Waals surface area contributed by atoms with Crippen molar-refractivity contribution in [3.63, 3.8) is 0 Å². The Hall–Kier alpha value is -1.75. The highest BCUT2D eigenvalue weighted by Crippen LogP contribution is 2.28. The topological polar surface area (TPSA) is 17.1 Å². The highest BCUT2D eigenvalue weighted by atomic mass is 32.2. The van der Waals surface area contributed by atoms with E-state index in [1.165, 1.54) is 18.7 Å². The van der Waals surface area contributed by atoms with Gasteiger partial charge in [-0.15, -0.1) is 11.8 Å². The minimum atomic E-state index is -1.11. The number of aldehydes is 1. The minimum Gasteiger partial charge on any atom is -0.298 e. The van der Waals surface area contributed by atoms with Gasteiger partial charge in [-0.25, -0.2) is 13.2 Å². The van der Waals surface area contributed by atoms with Gasteiger partial charge in [-0.2, -0.15) is 0 Å². The summed E-state index contributed by atoms with van der Waals surface area (Å²) in [6, 6.07) is 8.56. The molecule has 0 aliphatic heterocycles. The number of hydrogen-bond donors (Lipinski definition) is 0. The lowest BCUT2D eigenvalue weighted by Crippen LogP contribution is -1.97. The van der Waals surface area contributed by atoms with Crippen molar-refractivity contribution in [3.8, 4) is 0 Å². The molecule has 26 heavy (non-hydrogen) atoms. The van der Waals surface area contributed by atoms with E-state index in [0.29, 0.717) is 5.75 Å². The number of hydrogen-bond acceptors (Lipinski definition) is 2. The zero-order valence-corrected chi connectivity index (χ0v) is 15.7. The van der Waals surface area contributed by atoms with Crippen molar-refractivity contribution < 1.29 is 18.0 Å². The molecule has 1 nitrogen and oxygen atoms in total. The molecule has 0 saturated carbocycles. The number of unbranched alkanes of at least 4 members (excludes halogenated alkanes) is 4. The Morgan fingerprint density at radius 1 is 0.962 bits per heavy atom. The summed E-state index contributed by atoms with van der Waals surface area (Å²) in [5, 5.41) is 0. The molecule has 0 N–H and O–H groups in total. The largest absolute Gasteiger partial charge is 0.298 e. The van der Waals surface area contributed by atoms with E-state index in [-0.39, 0.29) is 10.5 Å². The maximum atomic E-state index is 13.9. The van der Waals surface area contributed by atoms with Crippen LogP contribution in [0.25, 0.3) is 0 Å². The molecule has 0 radical (unpaired) electrons. The van der Waals surface area contributed by atoms with Crippen LogP contribution >= 0.6 is 11.8 Å². The molecule has 2 rings (SSSR count). The van der Waals surface area contributed by atoms with Crippen LogP contribution in [0, 0.1) is 24.4 Å². The van der Waals surface area contributed by atoms with Gasteiger partial charge in [-0.05, 0) is 43.6 Å². The third-order valence-electron chi connectivity index (χ3n) is 4.37. The SMILES string of the molecule is Cc1c(F)c(F)cc(SCCCCCCCc2ccccc2C=O)c1F. The third-order valence-corrected chi connectivity index (χ3v) is 5.47. The van der Waals surface area contributed by atoms with E-state index in [1.807, 2.05) is 24.3 Å². The molecule has 140 valence electrons. The van der Waals surface area contributed by atoms with Crippen LogP contribution in [0.5, 0.6) is 0 Å². The van der Waals surface area contributed by atoms with E-state index >= 15 is 0 Å². The predicted octanol–water partition coefficient (Wildman–Crippen LogP) is 6.51. The second kappa shape index (κ2) is 10.4. The summed E-state index contributed by atoms with van der Waals surface area (Å²) in [5.41, 5.74) is 1.58. The molecule has 0 aliphatic rings. The van der Waals surface area contributed by atoms with E-state index in [4.69, 9.17) is 0 Å². The maximum absolute atomic E-state index is 13.9. The molecule has 0 aliphatic carbocycles. The van der Waals surface area contributed by atoms with Crippen molar-refractivity contribution in [1.82, 2.24) is 0 Å². The van der Waals surface area contributed by atoms with Crippen LogP contribution in [0.15, 0.2) is 35.2 Å². The molecule has 0 atom stereocenters. The van der Waals surface area contributed by atoms with E-state index in [0.717, 1.165) is 62.0 Å². The fraction of sp³-hybridized carbons (Fsp3) is 0.381. The Kier molecular flexibility index (Phi) is 8.23. The lowest BCUT2D eigenvalue weighted by atomic mass is 10.0. The number of rotatable bonds is 10. The van der Waals surface area contributed by atoms with Gasteiger partial charge in [0.25, 0.3) is 0 Å². The average Bonchev–Trinajstić information content (AvgIpc) is 2.66. The Bertz CT molecular complexity index is 746. The van der Waals surface area contributed by atoms with Gasteiger partial charge in [0, 0.05) is 16.0 Å². The van der Waals surface area contributed by atoms with E-state index in [9.17, 15) is 18.0 Å². The van der Waals surface area contributed by atoms with Crippen LogP contribution in [-0.2, 0) is 6.42 Å². The molecular formula is C21H23F3OS. The summed E-state index contributed by atoms with van der Waals surface area (Å²) in [6.45, 7) is 1.25. The van der Waals surface area contributed by atoms with Crippen LogP contribution in [-0.4, -0.2) is 12.0 Å². The quantitative estimate of drug-likeness (QED) is 0.202. The molecule has 0 fully saturated rings. The van der Waals surface area contributed by atoms with Crippen molar-refractivity contribution in [2.45, 2.75) is 50.3 Å². The number of benzene rings is 2. The molecule has 0 unspecified atom stereocenters. The summed E-state index contributed by atoms with van der Waals surface area (Å²) in [6.07, 6.45) is 6.84. The number of carbonyl (C=O) groups excluding carboxylic acids is 1. The first-order valence-electron chi connectivity index (χ1n) is 8.84. The van der Waals surface area contributed by atoms with Gasteiger partial charge in [-0.3, -0.25) is 4.79 Å². The predicted molar refractivity (Wildman–Crippen MR) is 100 cm³/mol. The van der Waals surface area contributed by atoms with Gasteiger partial charge < -0.3 is 0 Å². The van der Waals surface area contributed by atoms with Crippen molar-refractivity contribution >= 4 is 18.0 Å². The number of halogens is 3. The lowest BCUT2D eigenvalue weighted by Gasteiger charge is -2.08. The molecule has 2 aromatic carbocycles. The van der Waals surface area contributed by atoms with Gasteiger partial charge >= 0.3 is 0 Å². The smallest absolute Gasteiger partial charge is 0.164 e. The van der Waals surface area contributed by atoms with Crippen molar-refractivity contribution in [2.75, 3.05) is 5.75 Å². The summed E-state index contributed by atoms with van der Waals surface area (Å²) in [4.78, 5) is 11.1. The standard InChI is InChI=1S/C21H23F3OS/c1-15-20(23)18(22)13-19(21(15)24)26-12-8-4-2-3-5-9-16-10-6-7-11-17(16)14-25/h6-7,10-11,13-14H,2-5,8-9,12H2,1H3. The summed E-state index contributed by atoms with van der Waals surface area (Å²) < 4.78 is 40.5. The fourth-order valence-electron chi connectivity index (χ4n) is 2.81. The van der Waals surface area contributed by atoms with Gasteiger partial charge in [0.2, 0.25) is 0 Å². The number of thioether (sulfide) groups is 1. The first-order chi connectivity index (χ1) is 12.5. The van der Waals surface area contributed by atoms with E-state index in [2.05, 4.69) is 0 Å². The molecule has 0 saturated heterocycles. The summed E-state index contributed by atoms with van der Waals surface area (Å²) >= 11 is 1.23. The maximum Gasteiger partial charge on any atom is 0.164 e. The van der Waals surface area contributed by atoms with Crippen LogP contribution in [0.2, 0.25) is 0 Å². The highest BCUT2D eigenvalue weighted by Gasteiger charge is 2.15. The molecular weight excluding hydrogens is 357 g/mol. The van der Waals surface area contributed by atoms with Crippen molar-refractivity contribution in [2.24, 2.45) is 0 Å². The molecule has 0 bridgehead atoms. The Morgan fingerprint density at radius 2 is 1.65 bits per heavy atom. The van der Waals surface area contributed by atoms with Crippen molar-refractivity contribution in [1.29, 1.82) is 0 Å². The van der Waals surface area contributed by atoms with Crippen molar-refractivity contribution in [3.05, 3.63) is 64.5 Å². The minimum absolute atomic E-state index is 0.173. The lowest BCUT2D eigenvalue weighted by molar-refractivity contribution is 0.112. The Labute approximate surface area is 157 Å². The summed E-state index contributed by atoms with van der Waals surface area (Å²) in [5.74, 6) is -2.09. The monoisotopic (exact) mass is 380 g/mol. The molecule has 2 aromatic rings. The zero-order chi connectivity index (χ0) is 18.9. The van der Waals surface area contributed by atoms with Crippen LogP contribution in [0.4, 0.5) is 13.2 Å².